The summed E-state index contributed by atoms with van der Waals surface area (Å²) in [6.07, 6.45) is 10.1. The fourth-order valence-electron chi connectivity index (χ4n) is 2.02. The third-order valence-electron chi connectivity index (χ3n) is 3.03. The van der Waals surface area contributed by atoms with E-state index < -0.39 is 10.2 Å². The van der Waals surface area contributed by atoms with Gasteiger partial charge in [-0.05, 0) is 24.5 Å². The number of rotatable bonds is 5. The minimum absolute atomic E-state index is 0.299. The molecule has 1 fully saturated rings. The Kier molecular flexibility index (Phi) is 5.07. The smallest absolute Gasteiger partial charge is 0.264 e. The van der Waals surface area contributed by atoms with Crippen LogP contribution in [0.2, 0.25) is 0 Å². The largest absolute Gasteiger partial charge is 0.279 e. The molecule has 19 heavy (non-hydrogen) atoms. The molecule has 2 rings (SSSR count). The van der Waals surface area contributed by atoms with E-state index in [0.717, 1.165) is 24.8 Å². The first-order chi connectivity index (χ1) is 9.18. The van der Waals surface area contributed by atoms with Crippen LogP contribution in [0, 0.1) is 0 Å². The van der Waals surface area contributed by atoms with Gasteiger partial charge in [0.25, 0.3) is 10.2 Å². The lowest BCUT2D eigenvalue weighted by atomic mass is 10.2. The van der Waals surface area contributed by atoms with Gasteiger partial charge in [-0.1, -0.05) is 24.6 Å². The normalized spacial score (nSPS) is 17.9. The van der Waals surface area contributed by atoms with E-state index in [1.165, 1.54) is 4.31 Å². The second kappa shape index (κ2) is 6.79. The molecule has 0 aromatic carbocycles. The highest BCUT2D eigenvalue weighted by molar-refractivity contribution is 7.87. The molecule has 1 saturated heterocycles. The molecule has 0 radical (unpaired) electrons. The van der Waals surface area contributed by atoms with Gasteiger partial charge in [0.2, 0.25) is 0 Å². The summed E-state index contributed by atoms with van der Waals surface area (Å²) in [7, 11) is -3.32. The minimum Gasteiger partial charge on any atom is -0.264 e. The van der Waals surface area contributed by atoms with Gasteiger partial charge in [-0.15, -0.1) is 0 Å². The van der Waals surface area contributed by atoms with E-state index in [0.29, 0.717) is 19.6 Å². The predicted octanol–water partition coefficient (Wildman–Crippen LogP) is 1.42. The average molecular weight is 281 g/mol. The van der Waals surface area contributed by atoms with Crippen molar-refractivity contribution in [1.29, 1.82) is 0 Å². The summed E-state index contributed by atoms with van der Waals surface area (Å²) in [5.41, 5.74) is 0.958. The van der Waals surface area contributed by atoms with Crippen molar-refractivity contribution in [1.82, 2.24) is 14.0 Å². The Balaban J connectivity index is 1.83. The maximum Gasteiger partial charge on any atom is 0.279 e. The zero-order chi connectivity index (χ0) is 13.6. The van der Waals surface area contributed by atoms with Gasteiger partial charge in [0.1, 0.15) is 0 Å². The van der Waals surface area contributed by atoms with Gasteiger partial charge in [-0.25, -0.2) is 0 Å². The van der Waals surface area contributed by atoms with Gasteiger partial charge in [0.15, 0.2) is 0 Å². The second-order valence-corrected chi connectivity index (χ2v) is 6.26. The second-order valence-electron chi connectivity index (χ2n) is 4.50. The zero-order valence-electron chi connectivity index (χ0n) is 10.8. The third kappa shape index (κ3) is 4.41. The number of hydrogen-bond acceptors (Lipinski definition) is 3. The van der Waals surface area contributed by atoms with Crippen molar-refractivity contribution in [2.75, 3.05) is 19.6 Å². The van der Waals surface area contributed by atoms with Crippen LogP contribution in [-0.4, -0.2) is 37.3 Å². The molecule has 0 spiro atoms. The average Bonchev–Trinajstić information content (AvgIpc) is 2.46. The van der Waals surface area contributed by atoms with Crippen LogP contribution in [0.5, 0.6) is 0 Å². The Bertz CT molecular complexity index is 508. The first-order valence-electron chi connectivity index (χ1n) is 6.50. The lowest BCUT2D eigenvalue weighted by molar-refractivity contribution is 0.342. The molecule has 1 aliphatic rings. The summed E-state index contributed by atoms with van der Waals surface area (Å²) in [6, 6.07) is 3.76. The van der Waals surface area contributed by atoms with E-state index in [-0.39, 0.29) is 0 Å². The number of nitrogens with zero attached hydrogens (tertiary/aromatic N) is 2. The first-order valence-corrected chi connectivity index (χ1v) is 7.94. The van der Waals surface area contributed by atoms with Crippen molar-refractivity contribution in [2.24, 2.45) is 0 Å². The molecular formula is C13H19N3O2S. The summed E-state index contributed by atoms with van der Waals surface area (Å²) >= 11 is 0. The molecule has 0 bridgehead atoms. The first kappa shape index (κ1) is 14.2. The van der Waals surface area contributed by atoms with Crippen LogP contribution >= 0.6 is 0 Å². The van der Waals surface area contributed by atoms with E-state index in [1.54, 1.807) is 18.5 Å². The van der Waals surface area contributed by atoms with Crippen LogP contribution in [-0.2, 0) is 10.2 Å². The highest BCUT2D eigenvalue weighted by Gasteiger charge is 2.22. The van der Waals surface area contributed by atoms with Crippen molar-refractivity contribution in [2.45, 2.75) is 19.3 Å². The quantitative estimate of drug-likeness (QED) is 0.887. The Morgan fingerprint density at radius 1 is 1.32 bits per heavy atom. The Morgan fingerprint density at radius 2 is 2.11 bits per heavy atom. The van der Waals surface area contributed by atoms with Crippen LogP contribution in [0.15, 0.2) is 30.6 Å². The lowest BCUT2D eigenvalue weighted by Gasteiger charge is -2.25. The van der Waals surface area contributed by atoms with Crippen molar-refractivity contribution in [3.05, 3.63) is 36.2 Å². The van der Waals surface area contributed by atoms with Crippen LogP contribution in [0.3, 0.4) is 0 Å². The molecule has 2 heterocycles. The highest BCUT2D eigenvalue weighted by Crippen LogP contribution is 2.11. The molecule has 1 aromatic heterocycles. The Labute approximate surface area is 114 Å². The predicted molar refractivity (Wildman–Crippen MR) is 75.6 cm³/mol. The molecule has 0 saturated carbocycles. The van der Waals surface area contributed by atoms with E-state index in [9.17, 15) is 8.42 Å². The van der Waals surface area contributed by atoms with Gasteiger partial charge in [-0.2, -0.15) is 17.4 Å². The molecule has 6 heteroatoms. The molecule has 1 aliphatic heterocycles. The summed E-state index contributed by atoms with van der Waals surface area (Å²) in [5.74, 6) is 0. The minimum atomic E-state index is -3.32. The monoisotopic (exact) mass is 281 g/mol. The number of hydrogen-bond donors (Lipinski definition) is 1. The molecule has 0 aliphatic carbocycles. The van der Waals surface area contributed by atoms with E-state index >= 15 is 0 Å². The van der Waals surface area contributed by atoms with Crippen molar-refractivity contribution in [3.8, 4) is 0 Å². The molecule has 1 N–H and O–H groups in total. The standard InChI is InChI=1S/C13H19N3O2S/c17-19(18,16-10-2-1-3-11-16)15-9-5-7-13-6-4-8-14-12-13/h4-8,12,15H,1-3,9-11H2/b7-5+. The Hall–Kier alpha value is -1.24. The van der Waals surface area contributed by atoms with E-state index in [4.69, 9.17) is 0 Å². The SMILES string of the molecule is O=S(=O)(NC/C=C/c1cccnc1)N1CCCCC1. The lowest BCUT2D eigenvalue weighted by Crippen LogP contribution is -2.43. The van der Waals surface area contributed by atoms with E-state index in [1.807, 2.05) is 18.2 Å². The van der Waals surface area contributed by atoms with E-state index in [2.05, 4.69) is 9.71 Å². The zero-order valence-corrected chi connectivity index (χ0v) is 11.6. The maximum atomic E-state index is 12.0. The van der Waals surface area contributed by atoms with Gasteiger partial charge in [-0.3, -0.25) is 4.98 Å². The molecule has 0 amide bonds. The molecule has 104 valence electrons. The number of nitrogens with one attached hydrogen (secondary N) is 1. The molecule has 5 nitrogen and oxygen atoms in total. The van der Waals surface area contributed by atoms with Crippen LogP contribution < -0.4 is 4.72 Å². The maximum absolute atomic E-state index is 12.0. The van der Waals surface area contributed by atoms with Crippen LogP contribution in [0.1, 0.15) is 24.8 Å². The summed E-state index contributed by atoms with van der Waals surface area (Å²) in [5, 5.41) is 0. The van der Waals surface area contributed by atoms with Crippen LogP contribution in [0.4, 0.5) is 0 Å². The van der Waals surface area contributed by atoms with Crippen molar-refractivity contribution >= 4 is 16.3 Å². The fourth-order valence-corrected chi connectivity index (χ4v) is 3.25. The molecule has 1 aromatic rings. The molecule has 0 unspecified atom stereocenters. The van der Waals surface area contributed by atoms with Gasteiger partial charge in [0, 0.05) is 32.0 Å². The Morgan fingerprint density at radius 3 is 2.79 bits per heavy atom. The number of piperidine rings is 1. The molecular weight excluding hydrogens is 262 g/mol. The summed E-state index contributed by atoms with van der Waals surface area (Å²) < 4.78 is 28.0. The topological polar surface area (TPSA) is 62.3 Å². The summed E-state index contributed by atoms with van der Waals surface area (Å²) in [6.45, 7) is 1.55. The van der Waals surface area contributed by atoms with Gasteiger partial charge < -0.3 is 0 Å². The fraction of sp³-hybridized carbons (Fsp3) is 0.462. The summed E-state index contributed by atoms with van der Waals surface area (Å²) in [4.78, 5) is 3.99. The third-order valence-corrected chi connectivity index (χ3v) is 4.61. The van der Waals surface area contributed by atoms with Gasteiger partial charge >= 0.3 is 0 Å². The highest BCUT2D eigenvalue weighted by atomic mass is 32.2. The van der Waals surface area contributed by atoms with Crippen LogP contribution in [0.25, 0.3) is 6.08 Å². The van der Waals surface area contributed by atoms with Crippen molar-refractivity contribution < 1.29 is 8.42 Å². The number of aromatic nitrogens is 1. The molecule has 0 atom stereocenters. The van der Waals surface area contributed by atoms with Crippen molar-refractivity contribution in [3.63, 3.8) is 0 Å². The number of pyridine rings is 1. The van der Waals surface area contributed by atoms with Gasteiger partial charge in [0.05, 0.1) is 0 Å².